The van der Waals surface area contributed by atoms with Crippen LogP contribution < -0.4 is 20.4 Å². The van der Waals surface area contributed by atoms with E-state index >= 15 is 0 Å². The Morgan fingerprint density at radius 2 is 1.93 bits per heavy atom. The molecule has 158 valence electrons. The molecule has 0 saturated heterocycles. The van der Waals surface area contributed by atoms with E-state index in [-0.39, 0.29) is 12.5 Å². The van der Waals surface area contributed by atoms with Crippen molar-refractivity contribution in [2.24, 2.45) is 0 Å². The van der Waals surface area contributed by atoms with E-state index in [0.29, 0.717) is 29.9 Å². The number of fused-ring (bicyclic) bond motifs is 1. The molecular formula is C23H25NO6. The highest BCUT2D eigenvalue weighted by Gasteiger charge is 2.18. The van der Waals surface area contributed by atoms with E-state index < -0.39 is 11.7 Å². The Morgan fingerprint density at radius 3 is 2.60 bits per heavy atom. The third-order valence-electron chi connectivity index (χ3n) is 4.82. The Kier molecular flexibility index (Phi) is 6.74. The van der Waals surface area contributed by atoms with Crippen molar-refractivity contribution in [1.82, 2.24) is 5.32 Å². The van der Waals surface area contributed by atoms with Crippen LogP contribution in [0.2, 0.25) is 0 Å². The fourth-order valence-electron chi connectivity index (χ4n) is 3.16. The number of nitrogens with one attached hydrogen (secondary N) is 1. The Hall–Kier alpha value is -3.32. The first-order valence-corrected chi connectivity index (χ1v) is 9.71. The van der Waals surface area contributed by atoms with Gasteiger partial charge in [-0.2, -0.15) is 0 Å². The van der Waals surface area contributed by atoms with Crippen LogP contribution in [0, 0.1) is 6.92 Å². The lowest BCUT2D eigenvalue weighted by molar-refractivity contribution is -0.127. The summed E-state index contributed by atoms with van der Waals surface area (Å²) in [7, 11) is 1.60. The van der Waals surface area contributed by atoms with Gasteiger partial charge in [0.1, 0.15) is 17.1 Å². The molecule has 0 spiro atoms. The molecule has 1 heterocycles. The van der Waals surface area contributed by atoms with Crippen molar-refractivity contribution in [2.45, 2.75) is 26.4 Å². The maximum absolute atomic E-state index is 12.2. The van der Waals surface area contributed by atoms with Crippen molar-refractivity contribution < 1.29 is 23.8 Å². The van der Waals surface area contributed by atoms with Gasteiger partial charge < -0.3 is 24.3 Å². The smallest absolute Gasteiger partial charge is 0.336 e. The second-order valence-electron chi connectivity index (χ2n) is 6.90. The minimum absolute atomic E-state index is 0.00879. The molecule has 1 amide bonds. The van der Waals surface area contributed by atoms with Crippen molar-refractivity contribution in [3.8, 4) is 22.6 Å². The zero-order valence-corrected chi connectivity index (χ0v) is 17.2. The number of methoxy groups -OCH3 is 1. The van der Waals surface area contributed by atoms with Gasteiger partial charge in [-0.3, -0.25) is 4.79 Å². The maximum Gasteiger partial charge on any atom is 0.336 e. The number of aliphatic hydroxyl groups is 1. The maximum atomic E-state index is 12.2. The molecule has 3 aromatic rings. The molecule has 0 aliphatic carbocycles. The molecule has 7 nitrogen and oxygen atoms in total. The summed E-state index contributed by atoms with van der Waals surface area (Å²) >= 11 is 0. The number of hydrogen-bond donors (Lipinski definition) is 2. The van der Waals surface area contributed by atoms with Crippen molar-refractivity contribution in [3.05, 3.63) is 58.4 Å². The summed E-state index contributed by atoms with van der Waals surface area (Å²) in [5.74, 6) is 0.905. The van der Waals surface area contributed by atoms with Crippen LogP contribution >= 0.6 is 0 Å². The number of ether oxygens (including phenoxy) is 2. The lowest BCUT2D eigenvalue weighted by Gasteiger charge is -2.17. The van der Waals surface area contributed by atoms with Gasteiger partial charge in [-0.15, -0.1) is 0 Å². The highest BCUT2D eigenvalue weighted by Crippen LogP contribution is 2.34. The molecule has 1 aromatic heterocycles. The van der Waals surface area contributed by atoms with Gasteiger partial charge in [-0.05, 0) is 55.7 Å². The monoisotopic (exact) mass is 411 g/mol. The van der Waals surface area contributed by atoms with E-state index in [2.05, 4.69) is 5.32 Å². The predicted molar refractivity (Wildman–Crippen MR) is 114 cm³/mol. The second-order valence-corrected chi connectivity index (χ2v) is 6.90. The Bertz CT molecular complexity index is 1090. The van der Waals surface area contributed by atoms with Gasteiger partial charge in [-0.25, -0.2) is 4.79 Å². The summed E-state index contributed by atoms with van der Waals surface area (Å²) in [4.78, 5) is 24.4. The van der Waals surface area contributed by atoms with Gasteiger partial charge >= 0.3 is 5.63 Å². The molecule has 0 bridgehead atoms. The number of carbonyl (C=O) groups is 1. The third kappa shape index (κ3) is 4.63. The van der Waals surface area contributed by atoms with Crippen molar-refractivity contribution in [3.63, 3.8) is 0 Å². The molecule has 3 rings (SSSR count). The lowest BCUT2D eigenvalue weighted by Crippen LogP contribution is -2.37. The van der Waals surface area contributed by atoms with Gasteiger partial charge in [0, 0.05) is 30.2 Å². The van der Waals surface area contributed by atoms with Crippen molar-refractivity contribution in [2.75, 3.05) is 20.3 Å². The van der Waals surface area contributed by atoms with Crippen LogP contribution in [0.1, 0.15) is 18.9 Å². The number of rotatable bonds is 8. The minimum Gasteiger partial charge on any atom is -0.497 e. The van der Waals surface area contributed by atoms with E-state index in [0.717, 1.165) is 22.3 Å². The molecule has 0 radical (unpaired) electrons. The van der Waals surface area contributed by atoms with Gasteiger partial charge in [0.25, 0.3) is 5.91 Å². The van der Waals surface area contributed by atoms with Crippen LogP contribution in [-0.4, -0.2) is 37.4 Å². The number of aryl methyl sites for hydroxylation is 1. The first-order chi connectivity index (χ1) is 14.4. The van der Waals surface area contributed by atoms with Crippen LogP contribution in [0.3, 0.4) is 0 Å². The molecule has 30 heavy (non-hydrogen) atoms. The SMILES string of the molecule is COc1ccc(-c2cc(=O)oc3c(C)c(O[C@@H](C)C(=O)NCCCO)ccc23)cc1. The van der Waals surface area contributed by atoms with E-state index in [9.17, 15) is 9.59 Å². The molecule has 2 aromatic carbocycles. The highest BCUT2D eigenvalue weighted by molar-refractivity contribution is 5.95. The summed E-state index contributed by atoms with van der Waals surface area (Å²) in [5.41, 5.74) is 2.18. The number of amides is 1. The molecule has 2 N–H and O–H groups in total. The van der Waals surface area contributed by atoms with Crippen LogP contribution in [0.25, 0.3) is 22.1 Å². The first kappa shape index (κ1) is 21.4. The largest absolute Gasteiger partial charge is 0.497 e. The fraction of sp³-hybridized carbons (Fsp3) is 0.304. The summed E-state index contributed by atoms with van der Waals surface area (Å²) in [6.07, 6.45) is -0.261. The second kappa shape index (κ2) is 9.45. The lowest BCUT2D eigenvalue weighted by atomic mass is 10.00. The molecule has 0 aliphatic rings. The Labute approximate surface area is 174 Å². The van der Waals surface area contributed by atoms with Gasteiger partial charge in [0.05, 0.1) is 7.11 Å². The van der Waals surface area contributed by atoms with Crippen LogP contribution in [0.5, 0.6) is 11.5 Å². The van der Waals surface area contributed by atoms with Crippen molar-refractivity contribution in [1.29, 1.82) is 0 Å². The average molecular weight is 411 g/mol. The van der Waals surface area contributed by atoms with E-state index in [1.165, 1.54) is 6.07 Å². The summed E-state index contributed by atoms with van der Waals surface area (Å²) < 4.78 is 16.5. The molecule has 0 saturated carbocycles. The first-order valence-electron chi connectivity index (χ1n) is 9.71. The average Bonchev–Trinajstić information content (AvgIpc) is 2.75. The zero-order chi connectivity index (χ0) is 21.7. The molecule has 0 fully saturated rings. The fourth-order valence-corrected chi connectivity index (χ4v) is 3.16. The summed E-state index contributed by atoms with van der Waals surface area (Å²) in [5, 5.41) is 12.3. The highest BCUT2D eigenvalue weighted by atomic mass is 16.5. The third-order valence-corrected chi connectivity index (χ3v) is 4.82. The number of aliphatic hydroxyl groups excluding tert-OH is 1. The Balaban J connectivity index is 1.94. The normalized spacial score (nSPS) is 11.9. The van der Waals surface area contributed by atoms with Gasteiger partial charge in [-0.1, -0.05) is 12.1 Å². The quantitative estimate of drug-likeness (QED) is 0.437. The van der Waals surface area contributed by atoms with Gasteiger partial charge in [0.15, 0.2) is 6.10 Å². The van der Waals surface area contributed by atoms with Crippen molar-refractivity contribution >= 4 is 16.9 Å². The van der Waals surface area contributed by atoms with E-state index in [1.54, 1.807) is 27.0 Å². The minimum atomic E-state index is -0.740. The number of benzene rings is 2. The van der Waals surface area contributed by atoms with Gasteiger partial charge in [0.2, 0.25) is 0 Å². The van der Waals surface area contributed by atoms with Crippen LogP contribution in [-0.2, 0) is 4.79 Å². The zero-order valence-electron chi connectivity index (χ0n) is 17.2. The molecular weight excluding hydrogens is 386 g/mol. The van der Waals surface area contributed by atoms with E-state index in [4.69, 9.17) is 19.0 Å². The Morgan fingerprint density at radius 1 is 1.20 bits per heavy atom. The molecule has 1 atom stereocenters. The number of hydrogen-bond acceptors (Lipinski definition) is 6. The van der Waals surface area contributed by atoms with Crippen LogP contribution in [0.15, 0.2) is 51.7 Å². The molecule has 0 aliphatic heterocycles. The topological polar surface area (TPSA) is 98.0 Å². The predicted octanol–water partition coefficient (Wildman–Crippen LogP) is 3.04. The standard InChI is InChI=1S/C23H25NO6/c1-14-20(29-15(2)23(27)24-11-4-12-25)10-9-18-19(13-21(26)30-22(14)18)16-5-7-17(28-3)8-6-16/h5-10,13,15,25H,4,11-12H2,1-3H3,(H,24,27)/t15-/m0/s1. The van der Waals surface area contributed by atoms with E-state index in [1.807, 2.05) is 30.3 Å². The number of carbonyl (C=O) groups excluding carboxylic acids is 1. The summed E-state index contributed by atoms with van der Waals surface area (Å²) in [6.45, 7) is 3.81. The summed E-state index contributed by atoms with van der Waals surface area (Å²) in [6, 6.07) is 12.5. The van der Waals surface area contributed by atoms with Crippen LogP contribution in [0.4, 0.5) is 0 Å². The molecule has 0 unspecified atom stereocenters. The molecule has 7 heteroatoms.